The number of benzene rings is 1. The molecule has 7 atom stereocenters. The summed E-state index contributed by atoms with van der Waals surface area (Å²) in [5.41, 5.74) is -0.930. The van der Waals surface area contributed by atoms with E-state index >= 15 is 0 Å². The molecule has 1 saturated heterocycles. The summed E-state index contributed by atoms with van der Waals surface area (Å²) >= 11 is 0. The Bertz CT molecular complexity index is 1510. The Hall–Kier alpha value is -4.09. The van der Waals surface area contributed by atoms with Crippen molar-refractivity contribution in [2.45, 2.75) is 83.1 Å². The summed E-state index contributed by atoms with van der Waals surface area (Å²) < 4.78 is 46.7. The summed E-state index contributed by atoms with van der Waals surface area (Å²) in [5, 5.41) is 2.77. The number of nitrogens with zero attached hydrogens (tertiary/aromatic N) is 3. The van der Waals surface area contributed by atoms with Crippen LogP contribution in [-0.4, -0.2) is 70.8 Å². The molecule has 1 unspecified atom stereocenters. The lowest BCUT2D eigenvalue weighted by Crippen LogP contribution is -2.57. The fourth-order valence-corrected chi connectivity index (χ4v) is 6.79. The van der Waals surface area contributed by atoms with Crippen molar-refractivity contribution < 1.29 is 37.4 Å². The number of alkyl carbamates (subject to hydrolysis) is 1. The number of carbonyl (C=O) groups excluding carboxylic acids is 3. The zero-order chi connectivity index (χ0) is 33.4. The van der Waals surface area contributed by atoms with Gasteiger partial charge in [0.2, 0.25) is 11.8 Å². The van der Waals surface area contributed by atoms with Crippen LogP contribution in [0.4, 0.5) is 13.6 Å². The Kier molecular flexibility index (Phi) is 9.38. The van der Waals surface area contributed by atoms with Gasteiger partial charge >= 0.3 is 18.0 Å². The molecular formula is C34H42F2N4O6. The molecule has 248 valence electrons. The Morgan fingerprint density at radius 2 is 1.80 bits per heavy atom. The second kappa shape index (κ2) is 13.0. The van der Waals surface area contributed by atoms with Crippen molar-refractivity contribution in [1.82, 2.24) is 20.2 Å². The molecule has 2 amide bonds. The highest BCUT2D eigenvalue weighted by Crippen LogP contribution is 2.57. The Morgan fingerprint density at radius 3 is 2.43 bits per heavy atom. The van der Waals surface area contributed by atoms with Crippen LogP contribution in [0.5, 0.6) is 5.88 Å². The van der Waals surface area contributed by atoms with Crippen LogP contribution in [0.2, 0.25) is 0 Å². The van der Waals surface area contributed by atoms with Crippen LogP contribution in [0, 0.1) is 23.2 Å². The summed E-state index contributed by atoms with van der Waals surface area (Å²) in [6.45, 7) is 12.3. The van der Waals surface area contributed by atoms with Crippen molar-refractivity contribution >= 4 is 29.0 Å². The van der Waals surface area contributed by atoms with Gasteiger partial charge in [0.1, 0.15) is 24.3 Å². The molecule has 10 nitrogen and oxygen atoms in total. The number of nitrogens with one attached hydrogen (secondary N) is 1. The van der Waals surface area contributed by atoms with Gasteiger partial charge in [-0.25, -0.2) is 19.6 Å². The minimum Gasteiger partial charge on any atom is -0.471 e. The average molecular weight is 641 g/mol. The quantitative estimate of drug-likeness (QED) is 0.251. The number of hydrogen-bond acceptors (Lipinski definition) is 8. The molecule has 2 aliphatic carbocycles. The third-order valence-corrected chi connectivity index (χ3v) is 9.29. The van der Waals surface area contributed by atoms with Gasteiger partial charge in [-0.05, 0) is 67.1 Å². The number of hydrogen-bond donors (Lipinski definition) is 1. The molecule has 12 heteroatoms. The third-order valence-electron chi connectivity index (χ3n) is 9.29. The van der Waals surface area contributed by atoms with E-state index in [9.17, 15) is 23.2 Å². The van der Waals surface area contributed by atoms with Crippen molar-refractivity contribution in [2.24, 2.45) is 23.2 Å². The number of allylic oxidation sites excluding steroid dienone is 2. The van der Waals surface area contributed by atoms with Crippen molar-refractivity contribution in [3.05, 3.63) is 55.3 Å². The highest BCUT2D eigenvalue weighted by molar-refractivity contribution is 5.91. The average Bonchev–Trinajstić information content (AvgIpc) is 3.51. The molecule has 1 N–H and O–H groups in total. The molecule has 1 aromatic heterocycles. The number of fused-ring (bicyclic) bond motifs is 2. The number of carbonyl (C=O) groups is 3. The Morgan fingerprint density at radius 1 is 1.11 bits per heavy atom. The normalized spacial score (nSPS) is 26.2. The number of aromatic nitrogens is 2. The first-order valence-corrected chi connectivity index (χ1v) is 15.7. The van der Waals surface area contributed by atoms with Crippen LogP contribution >= 0.6 is 0 Å². The first-order chi connectivity index (χ1) is 21.8. The largest absolute Gasteiger partial charge is 0.471 e. The monoisotopic (exact) mass is 640 g/mol. The molecular weight excluding hydrogens is 598 g/mol. The molecule has 2 saturated carbocycles. The van der Waals surface area contributed by atoms with Crippen LogP contribution in [-0.2, 0) is 25.0 Å². The highest BCUT2D eigenvalue weighted by Gasteiger charge is 2.54. The van der Waals surface area contributed by atoms with Crippen molar-refractivity contribution in [2.75, 3.05) is 13.7 Å². The SMILES string of the molecule is C=CCC[C@H]1[C@H](OC(=O)N[C@H](C(=O)N2C[C@H](Oc3nc4ccccc4nc3C(F)(F)C=C)C[C@H]2C(=O)OC)C(C)(C)C)CC2C[C@@H]21. The topological polar surface area (TPSA) is 120 Å². The number of methoxy groups -OCH3 is 1. The maximum absolute atomic E-state index is 14.9. The number of ether oxygens (including phenoxy) is 3. The van der Waals surface area contributed by atoms with Gasteiger partial charge in [0.15, 0.2) is 5.69 Å². The van der Waals surface area contributed by atoms with E-state index < -0.39 is 59.1 Å². The second-order valence-electron chi connectivity index (χ2n) is 13.5. The Balaban J connectivity index is 1.35. The Labute approximate surface area is 267 Å². The van der Waals surface area contributed by atoms with Crippen LogP contribution in [0.3, 0.4) is 0 Å². The molecule has 0 spiro atoms. The predicted molar refractivity (Wildman–Crippen MR) is 166 cm³/mol. The van der Waals surface area contributed by atoms with E-state index in [4.69, 9.17) is 14.2 Å². The fraction of sp³-hybridized carbons (Fsp3) is 0.559. The summed E-state index contributed by atoms with van der Waals surface area (Å²) in [7, 11) is 1.20. The van der Waals surface area contributed by atoms with E-state index in [2.05, 4.69) is 28.4 Å². The molecule has 0 radical (unpaired) electrons. The molecule has 1 aromatic carbocycles. The van der Waals surface area contributed by atoms with Crippen molar-refractivity contribution in [3.8, 4) is 5.88 Å². The zero-order valence-corrected chi connectivity index (χ0v) is 26.7. The van der Waals surface area contributed by atoms with Crippen LogP contribution < -0.4 is 10.1 Å². The number of likely N-dealkylation sites (tertiary alicyclic amines) is 1. The molecule has 5 rings (SSSR count). The number of amides is 2. The minimum absolute atomic E-state index is 0.0524. The maximum atomic E-state index is 14.9. The van der Waals surface area contributed by atoms with Crippen molar-refractivity contribution in [3.63, 3.8) is 0 Å². The van der Waals surface area contributed by atoms with Crippen LogP contribution in [0.25, 0.3) is 11.0 Å². The van der Waals surface area contributed by atoms with E-state index in [0.29, 0.717) is 23.4 Å². The summed E-state index contributed by atoms with van der Waals surface area (Å²) in [6.07, 6.45) is 4.09. The van der Waals surface area contributed by atoms with Gasteiger partial charge in [-0.1, -0.05) is 45.6 Å². The van der Waals surface area contributed by atoms with Gasteiger partial charge in [0.25, 0.3) is 0 Å². The van der Waals surface area contributed by atoms with Gasteiger partial charge in [0, 0.05) is 6.42 Å². The lowest BCUT2D eigenvalue weighted by Gasteiger charge is -2.35. The van der Waals surface area contributed by atoms with E-state index in [1.54, 1.807) is 45.0 Å². The van der Waals surface area contributed by atoms with Gasteiger partial charge in [-0.15, -0.1) is 6.58 Å². The van der Waals surface area contributed by atoms with Gasteiger partial charge in [0.05, 0.1) is 24.7 Å². The van der Waals surface area contributed by atoms with Crippen molar-refractivity contribution in [1.29, 1.82) is 0 Å². The molecule has 1 aliphatic heterocycles. The first-order valence-electron chi connectivity index (χ1n) is 15.7. The van der Waals surface area contributed by atoms with Crippen LogP contribution in [0.1, 0.15) is 58.6 Å². The number of rotatable bonds is 11. The molecule has 2 aromatic rings. The smallest absolute Gasteiger partial charge is 0.408 e. The molecule has 46 heavy (non-hydrogen) atoms. The first kappa shape index (κ1) is 33.3. The van der Waals surface area contributed by atoms with Crippen LogP contribution in [0.15, 0.2) is 49.6 Å². The van der Waals surface area contributed by atoms with Gasteiger partial charge < -0.3 is 24.4 Å². The lowest BCUT2D eigenvalue weighted by molar-refractivity contribution is -0.152. The van der Waals surface area contributed by atoms with E-state index in [0.717, 1.165) is 25.7 Å². The van der Waals surface area contributed by atoms with E-state index in [-0.39, 0.29) is 30.5 Å². The second-order valence-corrected chi connectivity index (χ2v) is 13.5. The molecule has 3 fully saturated rings. The molecule has 3 aliphatic rings. The number of alkyl halides is 2. The molecule has 2 heterocycles. The fourth-order valence-electron chi connectivity index (χ4n) is 6.79. The standard InChI is InChI=1S/C34H42F2N4O6/c1-7-9-12-21-22-15-19(22)16-26(21)46-32(43)39-28(33(3,4)5)30(41)40-18-20(17-25(40)31(42)44-6)45-29-27(34(35,36)8-2)37-23-13-10-11-14-24(23)38-29/h7-8,10-11,13-14,19-22,25-26,28H,1-2,9,12,15-18H2,3-6H3,(H,39,43)/t19?,20-,21-,22+,25+,26-,28-/m1/s1. The summed E-state index contributed by atoms with van der Waals surface area (Å²) in [4.78, 5) is 49.9. The number of para-hydroxylation sites is 2. The molecule has 0 bridgehead atoms. The minimum atomic E-state index is -3.56. The van der Waals surface area contributed by atoms with E-state index in [1.165, 1.54) is 12.0 Å². The third kappa shape index (κ3) is 6.85. The summed E-state index contributed by atoms with van der Waals surface area (Å²) in [6, 6.07) is 4.35. The summed E-state index contributed by atoms with van der Waals surface area (Å²) in [5.74, 6) is -3.87. The lowest BCUT2D eigenvalue weighted by atomic mass is 9.85. The van der Waals surface area contributed by atoms with Gasteiger partial charge in [-0.2, -0.15) is 8.78 Å². The zero-order valence-electron chi connectivity index (χ0n) is 26.7. The maximum Gasteiger partial charge on any atom is 0.408 e. The van der Waals surface area contributed by atoms with E-state index in [1.807, 2.05) is 6.08 Å². The number of halogens is 2. The number of esters is 1. The highest BCUT2D eigenvalue weighted by atomic mass is 19.3. The predicted octanol–water partition coefficient (Wildman–Crippen LogP) is 5.56. The van der Waals surface area contributed by atoms with Gasteiger partial charge in [-0.3, -0.25) is 4.79 Å².